The first kappa shape index (κ1) is 28.8. The van der Waals surface area contributed by atoms with Crippen LogP contribution in [0, 0.1) is 0 Å². The molecule has 0 heterocycles. The molecule has 3 aromatic rings. The average molecular weight is 545 g/mol. The number of hydrogen-bond acceptors (Lipinski definition) is 5. The summed E-state index contributed by atoms with van der Waals surface area (Å²) < 4.78 is 11.3. The number of hydrogen-bond donors (Lipinski definition) is 3. The second-order valence-corrected chi connectivity index (χ2v) is 10.00. The monoisotopic (exact) mass is 544 g/mol. The molecule has 0 aliphatic heterocycles. The van der Waals surface area contributed by atoms with Crippen molar-refractivity contribution in [1.29, 1.82) is 0 Å². The van der Waals surface area contributed by atoms with E-state index in [4.69, 9.17) is 9.47 Å². The van der Waals surface area contributed by atoms with Crippen LogP contribution < -0.4 is 10.6 Å². The van der Waals surface area contributed by atoms with E-state index >= 15 is 0 Å². The summed E-state index contributed by atoms with van der Waals surface area (Å²) in [4.78, 5) is 37.1. The Kier molecular flexibility index (Phi) is 9.91. The second kappa shape index (κ2) is 13.8. The van der Waals surface area contributed by atoms with Gasteiger partial charge in [0.1, 0.15) is 6.61 Å². The van der Waals surface area contributed by atoms with E-state index in [1.165, 1.54) is 0 Å². The zero-order valence-corrected chi connectivity index (χ0v) is 22.8. The Morgan fingerprint density at radius 2 is 1.48 bits per heavy atom. The predicted octanol–water partition coefficient (Wildman–Crippen LogP) is 5.26. The van der Waals surface area contributed by atoms with Gasteiger partial charge in [-0.15, -0.1) is 0 Å². The SMILES string of the molecule is CCC(CCC(=O)NC(C(=O)O)C(C)OCc1ccccc1)NC(=O)OCC1c2ccccc2-c2ccccc21. The molecule has 3 atom stereocenters. The van der Waals surface area contributed by atoms with Gasteiger partial charge in [-0.25, -0.2) is 9.59 Å². The zero-order chi connectivity index (χ0) is 28.5. The van der Waals surface area contributed by atoms with Gasteiger partial charge in [0.15, 0.2) is 6.04 Å². The zero-order valence-electron chi connectivity index (χ0n) is 22.8. The van der Waals surface area contributed by atoms with E-state index < -0.39 is 30.1 Å². The number of benzene rings is 3. The van der Waals surface area contributed by atoms with Crippen LogP contribution in [0.5, 0.6) is 0 Å². The van der Waals surface area contributed by atoms with Crippen LogP contribution in [0.25, 0.3) is 11.1 Å². The summed E-state index contributed by atoms with van der Waals surface area (Å²) >= 11 is 0. The largest absolute Gasteiger partial charge is 0.480 e. The third kappa shape index (κ3) is 7.27. The number of ether oxygens (including phenoxy) is 2. The number of carbonyl (C=O) groups is 3. The molecule has 1 aliphatic rings. The summed E-state index contributed by atoms with van der Waals surface area (Å²) in [7, 11) is 0. The highest BCUT2D eigenvalue weighted by molar-refractivity contribution is 5.84. The fourth-order valence-electron chi connectivity index (χ4n) is 5.01. The Morgan fingerprint density at radius 1 is 0.875 bits per heavy atom. The van der Waals surface area contributed by atoms with Gasteiger partial charge in [-0.05, 0) is 47.6 Å². The fraction of sp³-hybridized carbons (Fsp3) is 0.344. The van der Waals surface area contributed by atoms with Crippen LogP contribution in [-0.2, 0) is 25.7 Å². The number of aliphatic carboxylic acids is 1. The topological polar surface area (TPSA) is 114 Å². The number of amides is 2. The summed E-state index contributed by atoms with van der Waals surface area (Å²) in [5, 5.41) is 15.0. The molecule has 0 bridgehead atoms. The van der Waals surface area contributed by atoms with E-state index in [1.54, 1.807) is 6.92 Å². The molecule has 1 aliphatic carbocycles. The Balaban J connectivity index is 1.24. The Bertz CT molecular complexity index is 1270. The normalized spacial score (nSPS) is 14.3. The number of carboxylic acid groups (broad SMARTS) is 1. The Morgan fingerprint density at radius 3 is 2.08 bits per heavy atom. The number of carboxylic acids is 1. The van der Waals surface area contributed by atoms with Gasteiger partial charge in [0.25, 0.3) is 0 Å². The molecule has 0 aromatic heterocycles. The third-order valence-electron chi connectivity index (χ3n) is 7.29. The van der Waals surface area contributed by atoms with Crippen molar-refractivity contribution in [3.8, 4) is 11.1 Å². The molecule has 3 aromatic carbocycles. The van der Waals surface area contributed by atoms with Gasteiger partial charge in [-0.3, -0.25) is 4.79 Å². The van der Waals surface area contributed by atoms with E-state index in [0.717, 1.165) is 27.8 Å². The van der Waals surface area contributed by atoms with Crippen molar-refractivity contribution in [3.63, 3.8) is 0 Å². The standard InChI is InChI=1S/C32H36N2O6/c1-3-23(17-18-29(35)34-30(31(36)37)21(2)39-19-22-11-5-4-6-12-22)33-32(38)40-20-28-26-15-9-7-13-24(26)25-14-8-10-16-27(25)28/h4-16,21,23,28,30H,3,17-20H2,1-2H3,(H,33,38)(H,34,35)(H,36,37). The number of rotatable bonds is 13. The molecule has 210 valence electrons. The molecule has 2 amide bonds. The molecule has 4 rings (SSSR count). The van der Waals surface area contributed by atoms with Gasteiger partial charge < -0.3 is 25.2 Å². The molecule has 8 heteroatoms. The van der Waals surface area contributed by atoms with Crippen molar-refractivity contribution in [2.75, 3.05) is 6.61 Å². The van der Waals surface area contributed by atoms with Crippen molar-refractivity contribution in [1.82, 2.24) is 10.6 Å². The van der Waals surface area contributed by atoms with E-state index in [9.17, 15) is 19.5 Å². The van der Waals surface area contributed by atoms with Crippen molar-refractivity contribution in [2.45, 2.75) is 63.8 Å². The first-order chi connectivity index (χ1) is 19.4. The summed E-state index contributed by atoms with van der Waals surface area (Å²) in [6.45, 7) is 3.98. The van der Waals surface area contributed by atoms with Crippen molar-refractivity contribution < 1.29 is 29.0 Å². The van der Waals surface area contributed by atoms with Crippen LogP contribution in [-0.4, -0.2) is 47.9 Å². The van der Waals surface area contributed by atoms with Crippen LogP contribution in [0.1, 0.15) is 55.7 Å². The maximum absolute atomic E-state index is 12.7. The average Bonchev–Trinajstić information content (AvgIpc) is 3.29. The number of carbonyl (C=O) groups excluding carboxylic acids is 2. The van der Waals surface area contributed by atoms with E-state index in [1.807, 2.05) is 61.5 Å². The molecule has 40 heavy (non-hydrogen) atoms. The van der Waals surface area contributed by atoms with Crippen molar-refractivity contribution in [3.05, 3.63) is 95.6 Å². The van der Waals surface area contributed by atoms with Crippen molar-refractivity contribution >= 4 is 18.0 Å². The molecular formula is C32H36N2O6. The summed E-state index contributed by atoms with van der Waals surface area (Å²) in [6, 6.07) is 24.2. The minimum Gasteiger partial charge on any atom is -0.480 e. The Hall–Kier alpha value is -4.17. The first-order valence-electron chi connectivity index (χ1n) is 13.7. The van der Waals surface area contributed by atoms with Crippen LogP contribution in [0.2, 0.25) is 0 Å². The molecule has 3 N–H and O–H groups in total. The maximum atomic E-state index is 12.7. The molecule has 8 nitrogen and oxygen atoms in total. The third-order valence-corrected chi connectivity index (χ3v) is 7.29. The van der Waals surface area contributed by atoms with Gasteiger partial charge in [0.05, 0.1) is 12.7 Å². The van der Waals surface area contributed by atoms with Gasteiger partial charge in [0.2, 0.25) is 5.91 Å². The minimum atomic E-state index is -1.19. The van der Waals surface area contributed by atoms with Crippen LogP contribution in [0.4, 0.5) is 4.79 Å². The second-order valence-electron chi connectivity index (χ2n) is 10.00. The van der Waals surface area contributed by atoms with Gasteiger partial charge in [-0.2, -0.15) is 0 Å². The molecule has 0 spiro atoms. The molecule has 3 unspecified atom stereocenters. The van der Waals surface area contributed by atoms with Gasteiger partial charge in [-0.1, -0.05) is 85.8 Å². The lowest BCUT2D eigenvalue weighted by atomic mass is 9.98. The van der Waals surface area contributed by atoms with E-state index in [-0.39, 0.29) is 31.6 Å². The van der Waals surface area contributed by atoms with E-state index in [0.29, 0.717) is 12.8 Å². The molecule has 0 fully saturated rings. The summed E-state index contributed by atoms with van der Waals surface area (Å²) in [5.41, 5.74) is 5.49. The molecule has 0 saturated heterocycles. The lowest BCUT2D eigenvalue weighted by Gasteiger charge is -2.23. The van der Waals surface area contributed by atoms with Gasteiger partial charge >= 0.3 is 12.1 Å². The van der Waals surface area contributed by atoms with Crippen LogP contribution in [0.15, 0.2) is 78.9 Å². The quantitative estimate of drug-likeness (QED) is 0.271. The number of alkyl carbamates (subject to hydrolysis) is 1. The summed E-state index contributed by atoms with van der Waals surface area (Å²) in [5.74, 6) is -1.63. The highest BCUT2D eigenvalue weighted by atomic mass is 16.5. The highest BCUT2D eigenvalue weighted by Crippen LogP contribution is 2.44. The van der Waals surface area contributed by atoms with Crippen LogP contribution in [0.3, 0.4) is 0 Å². The molecule has 0 radical (unpaired) electrons. The first-order valence-corrected chi connectivity index (χ1v) is 13.7. The fourth-order valence-corrected chi connectivity index (χ4v) is 5.01. The number of fused-ring (bicyclic) bond motifs is 3. The van der Waals surface area contributed by atoms with E-state index in [2.05, 4.69) is 34.9 Å². The van der Waals surface area contributed by atoms with Gasteiger partial charge in [0, 0.05) is 18.4 Å². The molecular weight excluding hydrogens is 508 g/mol. The molecule has 0 saturated carbocycles. The maximum Gasteiger partial charge on any atom is 0.407 e. The van der Waals surface area contributed by atoms with Crippen molar-refractivity contribution in [2.24, 2.45) is 0 Å². The lowest BCUT2D eigenvalue weighted by Crippen LogP contribution is -2.49. The minimum absolute atomic E-state index is 0.0388. The highest BCUT2D eigenvalue weighted by Gasteiger charge is 2.30. The predicted molar refractivity (Wildman–Crippen MR) is 152 cm³/mol. The van der Waals surface area contributed by atoms with Crippen LogP contribution >= 0.6 is 0 Å². The smallest absolute Gasteiger partial charge is 0.407 e. The Labute approximate surface area is 234 Å². The summed E-state index contributed by atoms with van der Waals surface area (Å²) in [6.07, 6.45) is -0.283. The number of nitrogens with one attached hydrogen (secondary N) is 2. The lowest BCUT2D eigenvalue weighted by molar-refractivity contribution is -0.146.